The Morgan fingerprint density at radius 3 is 2.95 bits per heavy atom. The highest BCUT2D eigenvalue weighted by Gasteiger charge is 2.49. The van der Waals surface area contributed by atoms with Crippen LogP contribution >= 0.6 is 11.3 Å². The number of fused-ring (bicyclic) bond motifs is 1. The van der Waals surface area contributed by atoms with Crippen molar-refractivity contribution in [3.05, 3.63) is 22.4 Å². The first-order valence-electron chi connectivity index (χ1n) is 6.70. The second-order valence-corrected chi connectivity index (χ2v) is 6.27. The fourth-order valence-electron chi connectivity index (χ4n) is 3.55. The maximum Gasteiger partial charge on any atom is 0.326 e. The zero-order valence-electron chi connectivity index (χ0n) is 10.6. The third kappa shape index (κ3) is 2.27. The summed E-state index contributed by atoms with van der Waals surface area (Å²) in [6, 6.07) is 1.33. The molecular weight excluding hydrogens is 262 g/mol. The van der Waals surface area contributed by atoms with Crippen LogP contribution in [0.1, 0.15) is 24.8 Å². The summed E-state index contributed by atoms with van der Waals surface area (Å²) in [5, 5.41) is 13.3. The van der Waals surface area contributed by atoms with Crippen LogP contribution in [-0.4, -0.2) is 34.5 Å². The summed E-state index contributed by atoms with van der Waals surface area (Å²) in [5.41, 5.74) is 0.983. The van der Waals surface area contributed by atoms with Gasteiger partial charge in [-0.05, 0) is 47.1 Å². The van der Waals surface area contributed by atoms with Crippen LogP contribution in [0.5, 0.6) is 0 Å². The molecule has 19 heavy (non-hydrogen) atoms. The van der Waals surface area contributed by atoms with Crippen molar-refractivity contribution in [2.24, 2.45) is 11.8 Å². The molecule has 3 rings (SSSR count). The van der Waals surface area contributed by atoms with Crippen LogP contribution in [0.2, 0.25) is 0 Å². The topological polar surface area (TPSA) is 57.6 Å². The second kappa shape index (κ2) is 4.96. The number of likely N-dealkylation sites (tertiary alicyclic amines) is 1. The monoisotopic (exact) mass is 279 g/mol. The van der Waals surface area contributed by atoms with E-state index in [0.717, 1.165) is 24.8 Å². The van der Waals surface area contributed by atoms with Crippen LogP contribution in [-0.2, 0) is 16.0 Å². The highest BCUT2D eigenvalue weighted by molar-refractivity contribution is 7.07. The standard InChI is InChI=1S/C14H17NO3S/c16-12(6-9-4-5-19-8-9)15-7-10-2-1-3-11(10)13(15)14(17)18/h4-5,8,10-11,13H,1-3,6-7H2,(H,17,18). The van der Waals surface area contributed by atoms with Gasteiger partial charge < -0.3 is 10.0 Å². The number of hydrogen-bond acceptors (Lipinski definition) is 3. The molecule has 0 aromatic carbocycles. The Hall–Kier alpha value is -1.36. The van der Waals surface area contributed by atoms with Gasteiger partial charge in [-0.3, -0.25) is 4.79 Å². The smallest absolute Gasteiger partial charge is 0.326 e. The molecule has 1 aliphatic heterocycles. The van der Waals surface area contributed by atoms with Gasteiger partial charge in [0.15, 0.2) is 0 Å². The Morgan fingerprint density at radius 1 is 1.42 bits per heavy atom. The molecule has 1 aliphatic carbocycles. The molecule has 1 aromatic rings. The SMILES string of the molecule is O=C(O)C1C2CCCC2CN1C(=O)Cc1ccsc1. The number of carboxylic acids is 1. The number of hydrogen-bond donors (Lipinski definition) is 1. The fourth-order valence-corrected chi connectivity index (χ4v) is 4.22. The Bertz CT molecular complexity index is 485. The largest absolute Gasteiger partial charge is 0.480 e. The van der Waals surface area contributed by atoms with Crippen molar-refractivity contribution in [3.8, 4) is 0 Å². The second-order valence-electron chi connectivity index (χ2n) is 5.49. The first-order valence-corrected chi connectivity index (χ1v) is 7.64. The van der Waals surface area contributed by atoms with E-state index in [2.05, 4.69) is 0 Å². The Labute approximate surface area is 116 Å². The van der Waals surface area contributed by atoms with Gasteiger partial charge in [0.1, 0.15) is 6.04 Å². The predicted molar refractivity (Wildman–Crippen MR) is 72.0 cm³/mol. The molecule has 1 saturated heterocycles. The van der Waals surface area contributed by atoms with Gasteiger partial charge in [-0.15, -0.1) is 0 Å². The third-order valence-electron chi connectivity index (χ3n) is 4.40. The number of carboxylic acid groups (broad SMARTS) is 1. The molecule has 2 heterocycles. The minimum atomic E-state index is -0.840. The Kier molecular flexibility index (Phi) is 3.31. The lowest BCUT2D eigenvalue weighted by atomic mass is 9.94. The van der Waals surface area contributed by atoms with Crippen LogP contribution in [0.3, 0.4) is 0 Å². The summed E-state index contributed by atoms with van der Waals surface area (Å²) in [7, 11) is 0. The van der Waals surface area contributed by atoms with E-state index in [0.29, 0.717) is 18.9 Å². The van der Waals surface area contributed by atoms with Crippen LogP contribution in [0, 0.1) is 11.8 Å². The van der Waals surface area contributed by atoms with Crippen molar-refractivity contribution in [2.45, 2.75) is 31.7 Å². The highest BCUT2D eigenvalue weighted by Crippen LogP contribution is 2.42. The van der Waals surface area contributed by atoms with E-state index in [9.17, 15) is 14.7 Å². The summed E-state index contributed by atoms with van der Waals surface area (Å²) in [6.07, 6.45) is 3.44. The molecule has 4 nitrogen and oxygen atoms in total. The van der Waals surface area contributed by atoms with E-state index in [4.69, 9.17) is 0 Å². The van der Waals surface area contributed by atoms with Crippen LogP contribution in [0.15, 0.2) is 16.8 Å². The maximum atomic E-state index is 12.3. The lowest BCUT2D eigenvalue weighted by Crippen LogP contribution is -2.43. The molecule has 1 aromatic heterocycles. The van der Waals surface area contributed by atoms with Gasteiger partial charge in [0.2, 0.25) is 5.91 Å². The first kappa shape index (κ1) is 12.7. The molecule has 2 aliphatic rings. The Morgan fingerprint density at radius 2 is 2.26 bits per heavy atom. The number of thiophene rings is 1. The minimum absolute atomic E-state index is 0.0415. The highest BCUT2D eigenvalue weighted by atomic mass is 32.1. The molecule has 1 saturated carbocycles. The molecule has 0 spiro atoms. The van der Waals surface area contributed by atoms with Gasteiger partial charge in [-0.2, -0.15) is 11.3 Å². The van der Waals surface area contributed by atoms with Crippen molar-refractivity contribution >= 4 is 23.2 Å². The van der Waals surface area contributed by atoms with Gasteiger partial charge >= 0.3 is 5.97 Å². The predicted octanol–water partition coefficient (Wildman–Crippen LogP) is 2.00. The van der Waals surface area contributed by atoms with Gasteiger partial charge in [-0.1, -0.05) is 6.42 Å². The van der Waals surface area contributed by atoms with E-state index in [-0.39, 0.29) is 11.8 Å². The minimum Gasteiger partial charge on any atom is -0.480 e. The van der Waals surface area contributed by atoms with E-state index in [1.807, 2.05) is 16.8 Å². The lowest BCUT2D eigenvalue weighted by Gasteiger charge is -2.24. The van der Waals surface area contributed by atoms with Crippen molar-refractivity contribution in [1.29, 1.82) is 0 Å². The van der Waals surface area contributed by atoms with Gasteiger partial charge in [0.25, 0.3) is 0 Å². The van der Waals surface area contributed by atoms with Crippen LogP contribution in [0.25, 0.3) is 0 Å². The quantitative estimate of drug-likeness (QED) is 0.920. The van der Waals surface area contributed by atoms with Gasteiger partial charge in [0, 0.05) is 6.54 Å². The van der Waals surface area contributed by atoms with Crippen molar-refractivity contribution < 1.29 is 14.7 Å². The molecule has 1 amide bonds. The van der Waals surface area contributed by atoms with Gasteiger partial charge in [0.05, 0.1) is 6.42 Å². The van der Waals surface area contributed by atoms with E-state index in [1.165, 1.54) is 0 Å². The summed E-state index contributed by atoms with van der Waals surface area (Å²) < 4.78 is 0. The number of amides is 1. The summed E-state index contributed by atoms with van der Waals surface area (Å²) in [6.45, 7) is 0.630. The summed E-state index contributed by atoms with van der Waals surface area (Å²) >= 11 is 1.56. The van der Waals surface area contributed by atoms with Crippen molar-refractivity contribution in [1.82, 2.24) is 4.90 Å². The van der Waals surface area contributed by atoms with Crippen LogP contribution in [0.4, 0.5) is 0 Å². The normalized spacial score (nSPS) is 29.5. The van der Waals surface area contributed by atoms with E-state index < -0.39 is 12.0 Å². The number of aliphatic carboxylic acids is 1. The fraction of sp³-hybridized carbons (Fsp3) is 0.571. The molecule has 0 radical (unpaired) electrons. The number of rotatable bonds is 3. The first-order chi connectivity index (χ1) is 9.16. The molecule has 1 N–H and O–H groups in total. The molecule has 3 unspecified atom stereocenters. The molecule has 3 atom stereocenters. The Balaban J connectivity index is 1.76. The number of nitrogens with zero attached hydrogens (tertiary/aromatic N) is 1. The lowest BCUT2D eigenvalue weighted by molar-refractivity contribution is -0.149. The van der Waals surface area contributed by atoms with E-state index >= 15 is 0 Å². The molecule has 102 valence electrons. The molecule has 5 heteroatoms. The molecule has 0 bridgehead atoms. The van der Waals surface area contributed by atoms with Crippen molar-refractivity contribution in [3.63, 3.8) is 0 Å². The van der Waals surface area contributed by atoms with Crippen LogP contribution < -0.4 is 0 Å². The summed E-state index contributed by atoms with van der Waals surface area (Å²) in [4.78, 5) is 25.4. The van der Waals surface area contributed by atoms with Gasteiger partial charge in [-0.25, -0.2) is 4.79 Å². The molecular formula is C14H17NO3S. The average molecular weight is 279 g/mol. The molecule has 2 fully saturated rings. The third-order valence-corrected chi connectivity index (χ3v) is 5.13. The van der Waals surface area contributed by atoms with E-state index in [1.54, 1.807) is 16.2 Å². The number of carbonyl (C=O) groups excluding carboxylic acids is 1. The summed E-state index contributed by atoms with van der Waals surface area (Å²) in [5.74, 6) is -0.315. The maximum absolute atomic E-state index is 12.3. The average Bonchev–Trinajstić information content (AvgIpc) is 3.02. The zero-order valence-corrected chi connectivity index (χ0v) is 11.4. The van der Waals surface area contributed by atoms with Crippen molar-refractivity contribution in [2.75, 3.05) is 6.54 Å². The number of carbonyl (C=O) groups is 2. The zero-order chi connectivity index (χ0) is 13.4.